The summed E-state index contributed by atoms with van der Waals surface area (Å²) in [6.07, 6.45) is 0.865. The van der Waals surface area contributed by atoms with Crippen molar-refractivity contribution in [2.75, 3.05) is 19.6 Å². The zero-order valence-electron chi connectivity index (χ0n) is 13.9. The molecule has 1 fully saturated rings. The Morgan fingerprint density at radius 1 is 1.33 bits per heavy atom. The van der Waals surface area contributed by atoms with Crippen molar-refractivity contribution in [1.29, 1.82) is 0 Å². The fraction of sp³-hybridized carbons (Fsp3) is 0.867. The number of hydrogen-bond acceptors (Lipinski definition) is 4. The Bertz CT molecular complexity index is 382. The van der Waals surface area contributed by atoms with E-state index in [-0.39, 0.29) is 23.4 Å². The summed E-state index contributed by atoms with van der Waals surface area (Å²) in [4.78, 5) is 25.9. The molecular formula is C15H30N4O2. The molecule has 0 aromatic heterocycles. The molecule has 0 aliphatic carbocycles. The van der Waals surface area contributed by atoms with Gasteiger partial charge in [0, 0.05) is 25.7 Å². The number of nitrogens with two attached hydrogens (primary N) is 1. The van der Waals surface area contributed by atoms with Crippen LogP contribution in [0, 0.1) is 11.3 Å². The van der Waals surface area contributed by atoms with Crippen LogP contribution in [0.2, 0.25) is 0 Å². The number of urea groups is 1. The van der Waals surface area contributed by atoms with Crippen molar-refractivity contribution in [2.45, 2.75) is 53.1 Å². The molecule has 2 unspecified atom stereocenters. The van der Waals surface area contributed by atoms with Gasteiger partial charge >= 0.3 is 6.03 Å². The number of carbonyl (C=O) groups is 2. The Morgan fingerprint density at radius 2 is 1.95 bits per heavy atom. The minimum Gasteiger partial charge on any atom is -0.338 e. The fourth-order valence-electron chi connectivity index (χ4n) is 2.47. The maximum Gasteiger partial charge on any atom is 0.321 e. The van der Waals surface area contributed by atoms with Gasteiger partial charge in [-0.3, -0.25) is 15.0 Å². The Labute approximate surface area is 127 Å². The van der Waals surface area contributed by atoms with Crippen molar-refractivity contribution in [3.8, 4) is 0 Å². The number of piperidine rings is 1. The minimum absolute atomic E-state index is 0.0211. The predicted octanol–water partition coefficient (Wildman–Crippen LogP) is 0.916. The summed E-state index contributed by atoms with van der Waals surface area (Å²) in [5.41, 5.74) is 6.09. The third-order valence-electron chi connectivity index (χ3n) is 4.18. The molecule has 21 heavy (non-hydrogen) atoms. The van der Waals surface area contributed by atoms with E-state index in [1.54, 1.807) is 0 Å². The minimum atomic E-state index is -0.423. The van der Waals surface area contributed by atoms with Crippen molar-refractivity contribution in [3.63, 3.8) is 0 Å². The van der Waals surface area contributed by atoms with Crippen LogP contribution < -0.4 is 16.4 Å². The van der Waals surface area contributed by atoms with Crippen molar-refractivity contribution >= 4 is 11.9 Å². The molecule has 1 heterocycles. The van der Waals surface area contributed by atoms with Gasteiger partial charge in [-0.05, 0) is 24.7 Å². The van der Waals surface area contributed by atoms with Gasteiger partial charge in [0.1, 0.15) is 0 Å². The van der Waals surface area contributed by atoms with Crippen LogP contribution in [0.3, 0.4) is 0 Å². The summed E-state index contributed by atoms with van der Waals surface area (Å²) < 4.78 is 0. The van der Waals surface area contributed by atoms with Gasteiger partial charge in [0.2, 0.25) is 5.91 Å². The van der Waals surface area contributed by atoms with Crippen molar-refractivity contribution in [3.05, 3.63) is 0 Å². The average Bonchev–Trinajstić information content (AvgIpc) is 2.38. The predicted molar refractivity (Wildman–Crippen MR) is 83.8 cm³/mol. The first-order chi connectivity index (χ1) is 9.63. The first-order valence-electron chi connectivity index (χ1n) is 7.72. The topological polar surface area (TPSA) is 87.5 Å². The molecule has 1 saturated heterocycles. The molecule has 122 valence electrons. The summed E-state index contributed by atoms with van der Waals surface area (Å²) in [5, 5.41) is 5.09. The second-order valence-corrected chi connectivity index (χ2v) is 7.12. The first-order valence-corrected chi connectivity index (χ1v) is 7.72. The molecule has 0 radical (unpaired) electrons. The van der Waals surface area contributed by atoms with Gasteiger partial charge in [-0.25, -0.2) is 4.79 Å². The van der Waals surface area contributed by atoms with Gasteiger partial charge in [-0.15, -0.1) is 0 Å². The van der Waals surface area contributed by atoms with E-state index in [0.29, 0.717) is 12.5 Å². The van der Waals surface area contributed by atoms with Crippen molar-refractivity contribution in [1.82, 2.24) is 15.5 Å². The highest BCUT2D eigenvalue weighted by atomic mass is 16.2. The number of nitrogens with zero attached hydrogens (tertiary/aromatic N) is 1. The molecule has 0 bridgehead atoms. The molecule has 0 saturated carbocycles. The molecule has 6 heteroatoms. The van der Waals surface area contributed by atoms with Crippen molar-refractivity contribution < 1.29 is 9.59 Å². The molecule has 1 aliphatic rings. The number of imide groups is 1. The van der Waals surface area contributed by atoms with E-state index in [2.05, 4.69) is 29.4 Å². The Balaban J connectivity index is 2.49. The van der Waals surface area contributed by atoms with Crippen LogP contribution >= 0.6 is 0 Å². The molecule has 1 aliphatic heterocycles. The largest absolute Gasteiger partial charge is 0.338 e. The van der Waals surface area contributed by atoms with Crippen LogP contribution in [0.5, 0.6) is 0 Å². The fourth-order valence-corrected chi connectivity index (χ4v) is 2.47. The number of likely N-dealkylation sites (tertiary alicyclic amines) is 1. The lowest BCUT2D eigenvalue weighted by Gasteiger charge is -2.44. The average molecular weight is 298 g/mol. The molecule has 1 rings (SSSR count). The van der Waals surface area contributed by atoms with E-state index in [9.17, 15) is 9.59 Å². The van der Waals surface area contributed by atoms with Gasteiger partial charge in [0.15, 0.2) is 0 Å². The van der Waals surface area contributed by atoms with Gasteiger partial charge in [-0.1, -0.05) is 27.7 Å². The maximum atomic E-state index is 12.1. The summed E-state index contributed by atoms with van der Waals surface area (Å²) in [7, 11) is 0. The highest BCUT2D eigenvalue weighted by molar-refractivity contribution is 5.96. The normalized spacial score (nSPS) is 23.7. The maximum absolute atomic E-state index is 12.1. The SMILES string of the molecule is CC(C)CNC(=O)NC(=O)C(C)N1CCC(N)C(C)(C)C1. The molecule has 0 spiro atoms. The summed E-state index contributed by atoms with van der Waals surface area (Å²) >= 11 is 0. The number of nitrogens with one attached hydrogen (secondary N) is 2. The number of amides is 3. The Hall–Kier alpha value is -1.14. The van der Waals surface area contributed by atoms with E-state index >= 15 is 0 Å². The van der Waals surface area contributed by atoms with Gasteiger partial charge < -0.3 is 11.1 Å². The second kappa shape index (κ2) is 7.22. The van der Waals surface area contributed by atoms with Gasteiger partial charge in [0.25, 0.3) is 0 Å². The first kappa shape index (κ1) is 17.9. The molecule has 6 nitrogen and oxygen atoms in total. The van der Waals surface area contributed by atoms with Crippen LogP contribution in [-0.4, -0.2) is 48.6 Å². The lowest BCUT2D eigenvalue weighted by molar-refractivity contribution is -0.126. The molecular weight excluding hydrogens is 268 g/mol. The van der Waals surface area contributed by atoms with E-state index < -0.39 is 6.03 Å². The monoisotopic (exact) mass is 298 g/mol. The van der Waals surface area contributed by atoms with Crippen LogP contribution in [-0.2, 0) is 4.79 Å². The third-order valence-corrected chi connectivity index (χ3v) is 4.18. The number of hydrogen-bond donors (Lipinski definition) is 3. The molecule has 3 amide bonds. The van der Waals surface area contributed by atoms with Crippen molar-refractivity contribution in [2.24, 2.45) is 17.1 Å². The standard InChI is InChI=1S/C15H30N4O2/c1-10(2)8-17-14(21)18-13(20)11(3)19-7-6-12(16)15(4,5)9-19/h10-12H,6-9,16H2,1-5H3,(H2,17,18,20,21). The highest BCUT2D eigenvalue weighted by Crippen LogP contribution is 2.28. The highest BCUT2D eigenvalue weighted by Gasteiger charge is 2.36. The Morgan fingerprint density at radius 3 is 2.48 bits per heavy atom. The third kappa shape index (κ3) is 5.28. The van der Waals surface area contributed by atoms with E-state index in [1.807, 2.05) is 20.8 Å². The van der Waals surface area contributed by atoms with Crippen LogP contribution in [0.25, 0.3) is 0 Å². The number of rotatable bonds is 4. The van der Waals surface area contributed by atoms with Crippen LogP contribution in [0.15, 0.2) is 0 Å². The lowest BCUT2D eigenvalue weighted by atomic mass is 9.79. The van der Waals surface area contributed by atoms with Crippen LogP contribution in [0.1, 0.15) is 41.0 Å². The quantitative estimate of drug-likeness (QED) is 0.720. The molecule has 0 aromatic carbocycles. The van der Waals surface area contributed by atoms with Gasteiger partial charge in [-0.2, -0.15) is 0 Å². The zero-order chi connectivity index (χ0) is 16.2. The Kier molecular flexibility index (Phi) is 6.16. The van der Waals surface area contributed by atoms with Crippen LogP contribution in [0.4, 0.5) is 4.79 Å². The summed E-state index contributed by atoms with van der Waals surface area (Å²) in [6, 6.07) is -0.603. The van der Waals surface area contributed by atoms with E-state index in [4.69, 9.17) is 5.73 Å². The molecule has 2 atom stereocenters. The zero-order valence-corrected chi connectivity index (χ0v) is 13.9. The summed E-state index contributed by atoms with van der Waals surface area (Å²) in [6.45, 7) is 12.2. The molecule has 0 aromatic rings. The smallest absolute Gasteiger partial charge is 0.321 e. The second-order valence-electron chi connectivity index (χ2n) is 7.12. The van der Waals surface area contributed by atoms with E-state index in [1.165, 1.54) is 0 Å². The summed E-state index contributed by atoms with van der Waals surface area (Å²) in [5.74, 6) is 0.0928. The number of carbonyl (C=O) groups excluding carboxylic acids is 2. The molecule has 4 N–H and O–H groups in total. The van der Waals surface area contributed by atoms with E-state index in [0.717, 1.165) is 19.5 Å². The lowest BCUT2D eigenvalue weighted by Crippen LogP contribution is -2.58. The van der Waals surface area contributed by atoms with Gasteiger partial charge in [0.05, 0.1) is 6.04 Å².